The number of fused-ring (bicyclic) bond motifs is 1. The molecule has 10 heteroatoms. The Kier molecular flexibility index (Phi) is 6.51. The summed E-state index contributed by atoms with van der Waals surface area (Å²) in [7, 11) is -2.17. The van der Waals surface area contributed by atoms with Gasteiger partial charge in [-0.15, -0.1) is 0 Å². The van der Waals surface area contributed by atoms with Gasteiger partial charge in [0, 0.05) is 11.4 Å². The number of esters is 1. The lowest BCUT2D eigenvalue weighted by atomic mass is 10.2. The van der Waals surface area contributed by atoms with Gasteiger partial charge in [-0.2, -0.15) is 0 Å². The highest BCUT2D eigenvalue weighted by molar-refractivity contribution is 7.91. The molecule has 1 N–H and O–H groups in total. The van der Waals surface area contributed by atoms with Crippen molar-refractivity contribution in [3.05, 3.63) is 53.1 Å². The predicted molar refractivity (Wildman–Crippen MR) is 112 cm³/mol. The van der Waals surface area contributed by atoms with Crippen LogP contribution < -0.4 is 5.32 Å². The smallest absolute Gasteiger partial charge is 0.337 e. The van der Waals surface area contributed by atoms with Crippen molar-refractivity contribution >= 4 is 60.0 Å². The number of rotatable bonds is 7. The van der Waals surface area contributed by atoms with Gasteiger partial charge in [-0.1, -0.05) is 22.9 Å². The molecule has 0 fully saturated rings. The quantitative estimate of drug-likeness (QED) is 0.545. The number of carbonyl (C=O) groups is 2. The zero-order chi connectivity index (χ0) is 21.0. The maximum absolute atomic E-state index is 12.3. The minimum absolute atomic E-state index is 0.0379. The van der Waals surface area contributed by atoms with E-state index in [0.717, 1.165) is 4.70 Å². The number of anilines is 1. The Labute approximate surface area is 176 Å². The lowest BCUT2D eigenvalue weighted by molar-refractivity contribution is -0.116. The molecule has 0 radical (unpaired) electrons. The summed E-state index contributed by atoms with van der Waals surface area (Å²) < 4.78 is 30.0. The van der Waals surface area contributed by atoms with Crippen molar-refractivity contribution in [1.29, 1.82) is 0 Å². The molecule has 0 aliphatic rings. The Morgan fingerprint density at radius 3 is 2.59 bits per heavy atom. The van der Waals surface area contributed by atoms with E-state index in [0.29, 0.717) is 21.2 Å². The number of amides is 1. The van der Waals surface area contributed by atoms with Crippen LogP contribution >= 0.6 is 22.9 Å². The van der Waals surface area contributed by atoms with E-state index in [1.54, 1.807) is 18.2 Å². The number of thiazole rings is 1. The minimum atomic E-state index is -3.48. The molecule has 1 aromatic heterocycles. The van der Waals surface area contributed by atoms with E-state index in [9.17, 15) is 18.0 Å². The summed E-state index contributed by atoms with van der Waals surface area (Å²) in [6, 6.07) is 10.8. The first-order chi connectivity index (χ1) is 13.8. The van der Waals surface area contributed by atoms with Crippen LogP contribution in [0.1, 0.15) is 23.2 Å². The van der Waals surface area contributed by atoms with Crippen LogP contribution in [0.25, 0.3) is 10.2 Å². The van der Waals surface area contributed by atoms with Crippen LogP contribution in [0.2, 0.25) is 5.02 Å². The highest BCUT2D eigenvalue weighted by atomic mass is 35.5. The summed E-state index contributed by atoms with van der Waals surface area (Å²) in [5.74, 6) is -0.930. The van der Waals surface area contributed by atoms with Crippen molar-refractivity contribution in [2.45, 2.75) is 17.7 Å². The number of sulfone groups is 1. The number of halogens is 1. The molecular weight excluding hydrogens is 436 g/mol. The second-order valence-corrected chi connectivity index (χ2v) is 9.69. The molecule has 0 aliphatic heterocycles. The zero-order valence-corrected chi connectivity index (χ0v) is 17.7. The fraction of sp³-hybridized carbons (Fsp3) is 0.211. The molecule has 1 heterocycles. The minimum Gasteiger partial charge on any atom is -0.465 e. The van der Waals surface area contributed by atoms with Gasteiger partial charge in [0.25, 0.3) is 0 Å². The van der Waals surface area contributed by atoms with E-state index >= 15 is 0 Å². The number of nitrogens with one attached hydrogen (secondary N) is 1. The summed E-state index contributed by atoms with van der Waals surface area (Å²) >= 11 is 6.99. The van der Waals surface area contributed by atoms with Crippen LogP contribution in [0.4, 0.5) is 5.13 Å². The summed E-state index contributed by atoms with van der Waals surface area (Å²) in [6.07, 6.45) is 0.213. The molecule has 2 aromatic carbocycles. The fourth-order valence-corrected chi connectivity index (χ4v) is 4.95. The molecule has 29 heavy (non-hydrogen) atoms. The third kappa shape index (κ3) is 5.31. The zero-order valence-electron chi connectivity index (χ0n) is 15.3. The first-order valence-electron chi connectivity index (χ1n) is 8.55. The molecule has 0 saturated carbocycles. The molecule has 0 unspecified atom stereocenters. The predicted octanol–water partition coefficient (Wildman–Crippen LogP) is 3.93. The Morgan fingerprint density at radius 1 is 1.17 bits per heavy atom. The summed E-state index contributed by atoms with van der Waals surface area (Å²) in [5.41, 5.74) is 1.04. The first kappa shape index (κ1) is 21.2. The highest BCUT2D eigenvalue weighted by Gasteiger charge is 2.16. The maximum atomic E-state index is 12.3. The Morgan fingerprint density at radius 2 is 1.90 bits per heavy atom. The molecule has 0 aliphatic carbocycles. The monoisotopic (exact) mass is 452 g/mol. The number of ether oxygens (including phenoxy) is 1. The molecule has 0 spiro atoms. The highest BCUT2D eigenvalue weighted by Crippen LogP contribution is 2.27. The Balaban J connectivity index is 1.58. The standard InChI is InChI=1S/C19H17ClN2O5S2/c1-27-18(24)12-4-9-15-16(11-12)28-19(21-15)22-17(23)3-2-10-29(25,26)14-7-5-13(20)6-8-14/h4-9,11H,2-3,10H2,1H3,(H,21,22,23). The summed E-state index contributed by atoms with van der Waals surface area (Å²) in [6.45, 7) is 0. The maximum Gasteiger partial charge on any atom is 0.337 e. The molecule has 152 valence electrons. The summed E-state index contributed by atoms with van der Waals surface area (Å²) in [5, 5.41) is 3.51. The Bertz CT molecular complexity index is 1160. The molecule has 1 amide bonds. The van der Waals surface area contributed by atoms with Gasteiger partial charge < -0.3 is 10.1 Å². The van der Waals surface area contributed by atoms with Gasteiger partial charge in [-0.3, -0.25) is 4.79 Å². The van der Waals surface area contributed by atoms with E-state index in [1.165, 1.54) is 42.7 Å². The SMILES string of the molecule is COC(=O)c1ccc2nc(NC(=O)CCCS(=O)(=O)c3ccc(Cl)cc3)sc2c1. The average molecular weight is 453 g/mol. The van der Waals surface area contributed by atoms with Gasteiger partial charge >= 0.3 is 5.97 Å². The summed E-state index contributed by atoms with van der Waals surface area (Å²) in [4.78, 5) is 28.2. The van der Waals surface area contributed by atoms with E-state index < -0.39 is 15.8 Å². The second kappa shape index (κ2) is 8.89. The molecular formula is C19H17ClN2O5S2. The average Bonchev–Trinajstić information content (AvgIpc) is 3.08. The third-order valence-corrected chi connectivity index (χ3v) is 7.05. The van der Waals surface area contributed by atoms with Crippen LogP contribution in [0.5, 0.6) is 0 Å². The number of hydrogen-bond acceptors (Lipinski definition) is 7. The van der Waals surface area contributed by atoms with E-state index in [4.69, 9.17) is 11.6 Å². The van der Waals surface area contributed by atoms with Crippen molar-refractivity contribution < 1.29 is 22.7 Å². The lowest BCUT2D eigenvalue weighted by Crippen LogP contribution is -2.14. The topological polar surface area (TPSA) is 102 Å². The van der Waals surface area contributed by atoms with E-state index in [2.05, 4.69) is 15.0 Å². The second-order valence-electron chi connectivity index (χ2n) is 6.12. The van der Waals surface area contributed by atoms with Gasteiger partial charge in [-0.05, 0) is 48.9 Å². The molecule has 3 rings (SSSR count). The van der Waals surface area contributed by atoms with Crippen LogP contribution in [0, 0.1) is 0 Å². The van der Waals surface area contributed by atoms with Crippen molar-refractivity contribution in [2.24, 2.45) is 0 Å². The van der Waals surface area contributed by atoms with Crippen LogP contribution in [-0.4, -0.2) is 38.1 Å². The first-order valence-corrected chi connectivity index (χ1v) is 11.4. The molecule has 3 aromatic rings. The van der Waals surface area contributed by atoms with Crippen LogP contribution in [0.3, 0.4) is 0 Å². The lowest BCUT2D eigenvalue weighted by Gasteiger charge is -2.05. The van der Waals surface area contributed by atoms with Gasteiger partial charge in [0.15, 0.2) is 15.0 Å². The van der Waals surface area contributed by atoms with Crippen molar-refractivity contribution in [1.82, 2.24) is 4.98 Å². The molecule has 7 nitrogen and oxygen atoms in total. The number of methoxy groups -OCH3 is 1. The number of carbonyl (C=O) groups excluding carboxylic acids is 2. The van der Waals surface area contributed by atoms with Crippen LogP contribution in [-0.2, 0) is 19.4 Å². The van der Waals surface area contributed by atoms with E-state index in [-0.39, 0.29) is 29.4 Å². The normalized spacial score (nSPS) is 11.4. The van der Waals surface area contributed by atoms with Gasteiger partial charge in [0.05, 0.1) is 33.5 Å². The van der Waals surface area contributed by atoms with Gasteiger partial charge in [-0.25, -0.2) is 18.2 Å². The van der Waals surface area contributed by atoms with Crippen molar-refractivity contribution in [3.63, 3.8) is 0 Å². The van der Waals surface area contributed by atoms with Gasteiger partial charge in [0.1, 0.15) is 0 Å². The number of benzene rings is 2. The van der Waals surface area contributed by atoms with Crippen LogP contribution in [0.15, 0.2) is 47.4 Å². The largest absolute Gasteiger partial charge is 0.465 e. The van der Waals surface area contributed by atoms with E-state index in [1.807, 2.05) is 0 Å². The molecule has 0 bridgehead atoms. The van der Waals surface area contributed by atoms with Crippen molar-refractivity contribution in [3.8, 4) is 0 Å². The van der Waals surface area contributed by atoms with Crippen molar-refractivity contribution in [2.75, 3.05) is 18.2 Å². The Hall–Kier alpha value is -2.49. The number of aromatic nitrogens is 1. The third-order valence-electron chi connectivity index (χ3n) is 4.05. The van der Waals surface area contributed by atoms with Gasteiger partial charge in [0.2, 0.25) is 5.91 Å². The number of hydrogen-bond donors (Lipinski definition) is 1. The fourth-order valence-electron chi connectivity index (χ4n) is 2.59. The molecule has 0 atom stereocenters. The molecule has 0 saturated heterocycles. The number of nitrogens with zero attached hydrogens (tertiary/aromatic N) is 1.